The van der Waals surface area contributed by atoms with E-state index in [1.54, 1.807) is 0 Å². The van der Waals surface area contributed by atoms with Gasteiger partial charge in [-0.1, -0.05) is 0 Å². The fraction of sp³-hybridized carbons (Fsp3) is 1.00. The Morgan fingerprint density at radius 2 is 1.33 bits per heavy atom. The van der Waals surface area contributed by atoms with Crippen LogP contribution in [-0.4, -0.2) is 23.2 Å². The highest BCUT2D eigenvalue weighted by Crippen LogP contribution is 2.00. The van der Waals surface area contributed by atoms with Crippen molar-refractivity contribution in [2.24, 2.45) is 0 Å². The molecule has 0 saturated heterocycles. The first-order chi connectivity index (χ1) is 5.45. The molecule has 0 radical (unpaired) electrons. The third-order valence-electron chi connectivity index (χ3n) is 1.51. The van der Waals surface area contributed by atoms with Crippen LogP contribution in [0.3, 0.4) is 0 Å². The molecule has 0 aliphatic carbocycles. The van der Waals surface area contributed by atoms with Crippen LogP contribution >= 0.6 is 0 Å². The Hall–Kier alpha value is -0.120. The van der Waals surface area contributed by atoms with Gasteiger partial charge in [0.2, 0.25) is 0 Å². The van der Waals surface area contributed by atoms with Gasteiger partial charge in [0.1, 0.15) is 0 Å². The third-order valence-corrected chi connectivity index (χ3v) is 1.51. The quantitative estimate of drug-likeness (QED) is 0.645. The molecule has 0 heterocycles. The number of rotatable bonds is 5. The highest BCUT2D eigenvalue weighted by molar-refractivity contribution is 4.59. The van der Waals surface area contributed by atoms with Crippen molar-refractivity contribution >= 4 is 0 Å². The summed E-state index contributed by atoms with van der Waals surface area (Å²) < 4.78 is 0. The average molecular weight is 174 g/mol. The molecular formula is C9H22N2O. The predicted molar refractivity (Wildman–Crippen MR) is 51.5 cm³/mol. The SMILES string of the molecule is CC(C)ONN(C(C)C)C(C)C. The fourth-order valence-corrected chi connectivity index (χ4v) is 0.973. The summed E-state index contributed by atoms with van der Waals surface area (Å²) in [7, 11) is 0. The van der Waals surface area contributed by atoms with Crippen LogP contribution in [0.5, 0.6) is 0 Å². The van der Waals surface area contributed by atoms with E-state index in [0.29, 0.717) is 12.1 Å². The lowest BCUT2D eigenvalue weighted by atomic mass is 10.3. The van der Waals surface area contributed by atoms with Crippen LogP contribution in [0.25, 0.3) is 0 Å². The van der Waals surface area contributed by atoms with Crippen LogP contribution in [0.15, 0.2) is 0 Å². The maximum Gasteiger partial charge on any atom is 0.0750 e. The van der Waals surface area contributed by atoms with E-state index in [0.717, 1.165) is 0 Å². The molecule has 0 spiro atoms. The molecule has 0 aromatic rings. The highest BCUT2D eigenvalue weighted by Gasteiger charge is 2.12. The summed E-state index contributed by atoms with van der Waals surface area (Å²) in [5.74, 6) is 0. The summed E-state index contributed by atoms with van der Waals surface area (Å²) in [6, 6.07) is 0.896. The highest BCUT2D eigenvalue weighted by atomic mass is 16.7. The first-order valence-electron chi connectivity index (χ1n) is 4.64. The lowest BCUT2D eigenvalue weighted by molar-refractivity contribution is -0.136. The second-order valence-electron chi connectivity index (χ2n) is 3.85. The lowest BCUT2D eigenvalue weighted by Gasteiger charge is -2.30. The zero-order valence-electron chi connectivity index (χ0n) is 9.09. The standard InChI is InChI=1S/C9H22N2O/c1-7(2)11(8(3)4)10-12-9(5)6/h7-10H,1-6H3. The minimum atomic E-state index is 0.213. The third kappa shape index (κ3) is 4.70. The monoisotopic (exact) mass is 174 g/mol. The summed E-state index contributed by atoms with van der Waals surface area (Å²) in [5.41, 5.74) is 2.95. The summed E-state index contributed by atoms with van der Waals surface area (Å²) in [6.07, 6.45) is 0.213. The van der Waals surface area contributed by atoms with Gasteiger partial charge in [0.15, 0.2) is 0 Å². The smallest absolute Gasteiger partial charge is 0.0750 e. The summed E-state index contributed by atoms with van der Waals surface area (Å²) in [6.45, 7) is 12.6. The molecule has 0 aliphatic rings. The van der Waals surface area contributed by atoms with Gasteiger partial charge in [-0.25, -0.2) is 5.01 Å². The molecule has 0 amide bonds. The Morgan fingerprint density at radius 1 is 0.917 bits per heavy atom. The summed E-state index contributed by atoms with van der Waals surface area (Å²) in [4.78, 5) is 5.30. The van der Waals surface area contributed by atoms with Crippen LogP contribution in [0.4, 0.5) is 0 Å². The van der Waals surface area contributed by atoms with E-state index in [4.69, 9.17) is 4.84 Å². The largest absolute Gasteiger partial charge is 0.284 e. The van der Waals surface area contributed by atoms with Crippen molar-refractivity contribution in [2.45, 2.75) is 59.7 Å². The van der Waals surface area contributed by atoms with Crippen LogP contribution in [0.1, 0.15) is 41.5 Å². The fourth-order valence-electron chi connectivity index (χ4n) is 0.973. The number of nitrogens with one attached hydrogen (secondary N) is 1. The number of hydrogen-bond acceptors (Lipinski definition) is 3. The summed E-state index contributed by atoms with van der Waals surface area (Å²) in [5, 5.41) is 2.08. The van der Waals surface area contributed by atoms with Gasteiger partial charge in [-0.15, -0.1) is 5.59 Å². The predicted octanol–water partition coefficient (Wildman–Crippen LogP) is 1.95. The van der Waals surface area contributed by atoms with E-state index >= 15 is 0 Å². The van der Waals surface area contributed by atoms with Gasteiger partial charge in [0, 0.05) is 12.1 Å². The molecule has 0 atom stereocenters. The van der Waals surface area contributed by atoms with Gasteiger partial charge in [-0.2, -0.15) is 0 Å². The molecular weight excluding hydrogens is 152 g/mol. The molecule has 12 heavy (non-hydrogen) atoms. The maximum absolute atomic E-state index is 5.30. The number of nitrogens with zero attached hydrogens (tertiary/aromatic N) is 1. The maximum atomic E-state index is 5.30. The van der Waals surface area contributed by atoms with E-state index in [1.807, 2.05) is 13.8 Å². The van der Waals surface area contributed by atoms with E-state index in [9.17, 15) is 0 Å². The van der Waals surface area contributed by atoms with E-state index < -0.39 is 0 Å². The van der Waals surface area contributed by atoms with Crippen molar-refractivity contribution in [1.82, 2.24) is 10.6 Å². The Morgan fingerprint density at radius 3 is 1.58 bits per heavy atom. The molecule has 0 fully saturated rings. The van der Waals surface area contributed by atoms with Gasteiger partial charge in [0.25, 0.3) is 0 Å². The van der Waals surface area contributed by atoms with Crippen LogP contribution in [0, 0.1) is 0 Å². The second kappa shape index (κ2) is 5.51. The molecule has 3 nitrogen and oxygen atoms in total. The van der Waals surface area contributed by atoms with Gasteiger partial charge in [0.05, 0.1) is 6.10 Å². The molecule has 0 aliphatic heterocycles. The topological polar surface area (TPSA) is 24.5 Å². The number of hydrazine groups is 1. The van der Waals surface area contributed by atoms with Gasteiger partial charge in [-0.3, -0.25) is 4.84 Å². The molecule has 0 rings (SSSR count). The van der Waals surface area contributed by atoms with Crippen molar-refractivity contribution in [1.29, 1.82) is 0 Å². The van der Waals surface area contributed by atoms with Crippen molar-refractivity contribution in [3.05, 3.63) is 0 Å². The molecule has 0 bridgehead atoms. The molecule has 0 unspecified atom stereocenters. The minimum absolute atomic E-state index is 0.213. The van der Waals surface area contributed by atoms with E-state index in [1.165, 1.54) is 0 Å². The number of hydrogen-bond donors (Lipinski definition) is 1. The minimum Gasteiger partial charge on any atom is -0.284 e. The molecule has 0 saturated carbocycles. The Labute approximate surface area is 76.0 Å². The normalized spacial score (nSPS) is 12.5. The molecule has 0 aromatic carbocycles. The van der Waals surface area contributed by atoms with Crippen LogP contribution in [-0.2, 0) is 4.84 Å². The lowest BCUT2D eigenvalue weighted by Crippen LogP contribution is -2.48. The first kappa shape index (κ1) is 11.9. The zero-order chi connectivity index (χ0) is 9.72. The molecule has 74 valence electrons. The van der Waals surface area contributed by atoms with Crippen LogP contribution < -0.4 is 5.59 Å². The van der Waals surface area contributed by atoms with E-state index in [2.05, 4.69) is 38.3 Å². The first-order valence-corrected chi connectivity index (χ1v) is 4.64. The Bertz CT molecular complexity index is 105. The van der Waals surface area contributed by atoms with Crippen LogP contribution in [0.2, 0.25) is 0 Å². The van der Waals surface area contributed by atoms with Crippen molar-refractivity contribution in [3.63, 3.8) is 0 Å². The van der Waals surface area contributed by atoms with Crippen molar-refractivity contribution in [2.75, 3.05) is 0 Å². The molecule has 3 heteroatoms. The van der Waals surface area contributed by atoms with Crippen molar-refractivity contribution < 1.29 is 4.84 Å². The second-order valence-corrected chi connectivity index (χ2v) is 3.85. The Balaban J connectivity index is 3.80. The summed E-state index contributed by atoms with van der Waals surface area (Å²) >= 11 is 0. The average Bonchev–Trinajstić information content (AvgIpc) is 1.84. The van der Waals surface area contributed by atoms with Gasteiger partial charge >= 0.3 is 0 Å². The molecule has 1 N–H and O–H groups in total. The molecule has 0 aromatic heterocycles. The Kier molecular flexibility index (Phi) is 5.46. The van der Waals surface area contributed by atoms with Crippen molar-refractivity contribution in [3.8, 4) is 0 Å². The van der Waals surface area contributed by atoms with Gasteiger partial charge in [-0.05, 0) is 41.5 Å². The van der Waals surface area contributed by atoms with E-state index in [-0.39, 0.29) is 6.10 Å². The zero-order valence-corrected chi connectivity index (χ0v) is 9.09. The van der Waals surface area contributed by atoms with Gasteiger partial charge < -0.3 is 0 Å².